The van der Waals surface area contributed by atoms with Gasteiger partial charge in [0.25, 0.3) is 0 Å². The van der Waals surface area contributed by atoms with Gasteiger partial charge in [0.1, 0.15) is 0 Å². The van der Waals surface area contributed by atoms with E-state index >= 15 is 0 Å². The van der Waals surface area contributed by atoms with Gasteiger partial charge in [0, 0.05) is 17.0 Å². The first kappa shape index (κ1) is 11.0. The number of thiazole rings is 1. The van der Waals surface area contributed by atoms with Crippen molar-refractivity contribution >= 4 is 11.3 Å². The maximum atomic E-state index is 5.80. The number of aryl methyl sites for hydroxylation is 1. The Kier molecular flexibility index (Phi) is 3.47. The second kappa shape index (κ2) is 4.42. The van der Waals surface area contributed by atoms with Gasteiger partial charge in [-0.15, -0.1) is 11.3 Å². The average Bonchev–Trinajstić information content (AvgIpc) is 2.51. The summed E-state index contributed by atoms with van der Waals surface area (Å²) < 4.78 is 0. The molecule has 1 aromatic rings. The van der Waals surface area contributed by atoms with Gasteiger partial charge in [-0.2, -0.15) is 0 Å². The fourth-order valence-electron chi connectivity index (χ4n) is 1.09. The molecule has 1 aromatic heterocycles. The standard InChI is InChI=1S/C11H16N2S/c1-7(2)10(12)5-8(3)11-6-14-9(4)13-11/h5-6,8H,1,12H2,2-4H3/b10-5+/t8-/m0/s1. The van der Waals surface area contributed by atoms with Crippen molar-refractivity contribution in [1.29, 1.82) is 0 Å². The van der Waals surface area contributed by atoms with Gasteiger partial charge in [0.2, 0.25) is 0 Å². The van der Waals surface area contributed by atoms with Crippen molar-refractivity contribution in [2.45, 2.75) is 26.7 Å². The molecule has 1 heterocycles. The molecule has 0 unspecified atom stereocenters. The molecule has 0 saturated heterocycles. The highest BCUT2D eigenvalue weighted by molar-refractivity contribution is 7.09. The van der Waals surface area contributed by atoms with Crippen LogP contribution in [0, 0.1) is 6.92 Å². The van der Waals surface area contributed by atoms with Crippen LogP contribution in [0.1, 0.15) is 30.5 Å². The van der Waals surface area contributed by atoms with E-state index in [4.69, 9.17) is 5.73 Å². The van der Waals surface area contributed by atoms with Gasteiger partial charge in [-0.25, -0.2) is 4.98 Å². The molecule has 0 spiro atoms. The number of hydrogen-bond donors (Lipinski definition) is 1. The minimum Gasteiger partial charge on any atom is -0.399 e. The predicted molar refractivity (Wildman–Crippen MR) is 62.4 cm³/mol. The van der Waals surface area contributed by atoms with E-state index in [-0.39, 0.29) is 5.92 Å². The van der Waals surface area contributed by atoms with Crippen LogP contribution in [-0.2, 0) is 0 Å². The lowest BCUT2D eigenvalue weighted by molar-refractivity contribution is 0.902. The summed E-state index contributed by atoms with van der Waals surface area (Å²) in [5.74, 6) is 0.261. The molecular formula is C11H16N2S. The highest BCUT2D eigenvalue weighted by atomic mass is 32.1. The molecule has 0 saturated carbocycles. The zero-order valence-electron chi connectivity index (χ0n) is 8.87. The molecule has 0 bridgehead atoms. The van der Waals surface area contributed by atoms with Crippen molar-refractivity contribution in [3.05, 3.63) is 40.0 Å². The molecule has 2 N–H and O–H groups in total. The molecular weight excluding hydrogens is 192 g/mol. The summed E-state index contributed by atoms with van der Waals surface area (Å²) in [6.07, 6.45) is 2.00. The van der Waals surface area contributed by atoms with E-state index in [2.05, 4.69) is 23.9 Å². The predicted octanol–water partition coefficient (Wildman–Crippen LogP) is 2.97. The lowest BCUT2D eigenvalue weighted by Gasteiger charge is -2.05. The highest BCUT2D eigenvalue weighted by Crippen LogP contribution is 2.20. The Balaban J connectivity index is 2.81. The van der Waals surface area contributed by atoms with Gasteiger partial charge in [0.15, 0.2) is 0 Å². The fraction of sp³-hybridized carbons (Fsp3) is 0.364. The van der Waals surface area contributed by atoms with Crippen LogP contribution in [0.3, 0.4) is 0 Å². The topological polar surface area (TPSA) is 38.9 Å². The third-order valence-electron chi connectivity index (χ3n) is 2.03. The normalized spacial score (nSPS) is 14.1. The largest absolute Gasteiger partial charge is 0.399 e. The summed E-state index contributed by atoms with van der Waals surface area (Å²) in [5, 5.41) is 3.16. The van der Waals surface area contributed by atoms with Crippen molar-refractivity contribution in [2.24, 2.45) is 5.73 Å². The van der Waals surface area contributed by atoms with Crippen LogP contribution < -0.4 is 5.73 Å². The summed E-state index contributed by atoms with van der Waals surface area (Å²) in [4.78, 5) is 4.41. The summed E-state index contributed by atoms with van der Waals surface area (Å²) in [7, 11) is 0. The fourth-order valence-corrected chi connectivity index (χ4v) is 1.80. The number of allylic oxidation sites excluding steroid dienone is 2. The molecule has 0 amide bonds. The molecule has 3 heteroatoms. The summed E-state index contributed by atoms with van der Waals surface area (Å²) in [6.45, 7) is 9.80. The summed E-state index contributed by atoms with van der Waals surface area (Å²) in [6, 6.07) is 0. The van der Waals surface area contributed by atoms with E-state index in [1.807, 2.05) is 19.9 Å². The van der Waals surface area contributed by atoms with E-state index in [1.54, 1.807) is 11.3 Å². The van der Waals surface area contributed by atoms with E-state index < -0.39 is 0 Å². The third kappa shape index (κ3) is 2.70. The van der Waals surface area contributed by atoms with Crippen LogP contribution in [0.4, 0.5) is 0 Å². The van der Waals surface area contributed by atoms with Gasteiger partial charge in [-0.05, 0) is 19.4 Å². The molecule has 2 nitrogen and oxygen atoms in total. The number of aromatic nitrogens is 1. The van der Waals surface area contributed by atoms with Crippen LogP contribution in [0.2, 0.25) is 0 Å². The highest BCUT2D eigenvalue weighted by Gasteiger charge is 2.06. The maximum Gasteiger partial charge on any atom is 0.0897 e. The molecule has 1 rings (SSSR count). The second-order valence-electron chi connectivity index (χ2n) is 3.48. The lowest BCUT2D eigenvalue weighted by atomic mass is 10.1. The average molecular weight is 208 g/mol. The Hall–Kier alpha value is -1.09. The first-order valence-electron chi connectivity index (χ1n) is 4.56. The molecule has 0 radical (unpaired) electrons. The molecule has 0 aliphatic rings. The smallest absolute Gasteiger partial charge is 0.0897 e. The molecule has 0 aromatic carbocycles. The Morgan fingerprint density at radius 3 is 2.79 bits per heavy atom. The molecule has 1 atom stereocenters. The zero-order valence-corrected chi connectivity index (χ0v) is 9.69. The monoisotopic (exact) mass is 208 g/mol. The van der Waals surface area contributed by atoms with Crippen LogP contribution in [0.5, 0.6) is 0 Å². The summed E-state index contributed by atoms with van der Waals surface area (Å²) in [5.41, 5.74) is 8.54. The second-order valence-corrected chi connectivity index (χ2v) is 4.54. The molecule has 0 aliphatic heterocycles. The van der Waals surface area contributed by atoms with Gasteiger partial charge in [-0.1, -0.05) is 19.6 Å². The van der Waals surface area contributed by atoms with Crippen LogP contribution in [0.15, 0.2) is 29.3 Å². The Bertz CT molecular complexity index is 363. The van der Waals surface area contributed by atoms with Crippen molar-refractivity contribution in [2.75, 3.05) is 0 Å². The number of hydrogen-bond acceptors (Lipinski definition) is 3. The molecule has 0 fully saturated rings. The number of rotatable bonds is 3. The Morgan fingerprint density at radius 2 is 2.36 bits per heavy atom. The minimum absolute atomic E-state index is 0.261. The van der Waals surface area contributed by atoms with E-state index in [0.29, 0.717) is 0 Å². The maximum absolute atomic E-state index is 5.80. The van der Waals surface area contributed by atoms with E-state index in [0.717, 1.165) is 22.0 Å². The first-order chi connectivity index (χ1) is 6.50. The van der Waals surface area contributed by atoms with Gasteiger partial charge < -0.3 is 5.73 Å². The number of nitrogens with two attached hydrogens (primary N) is 1. The third-order valence-corrected chi connectivity index (χ3v) is 2.82. The van der Waals surface area contributed by atoms with E-state index in [9.17, 15) is 0 Å². The Morgan fingerprint density at radius 1 is 1.71 bits per heavy atom. The van der Waals surface area contributed by atoms with Crippen LogP contribution in [0.25, 0.3) is 0 Å². The van der Waals surface area contributed by atoms with Crippen LogP contribution >= 0.6 is 11.3 Å². The van der Waals surface area contributed by atoms with Crippen molar-refractivity contribution in [3.8, 4) is 0 Å². The van der Waals surface area contributed by atoms with Gasteiger partial charge >= 0.3 is 0 Å². The Labute approximate surface area is 89.2 Å². The minimum atomic E-state index is 0.261. The van der Waals surface area contributed by atoms with Gasteiger partial charge in [-0.3, -0.25) is 0 Å². The van der Waals surface area contributed by atoms with Gasteiger partial charge in [0.05, 0.1) is 10.7 Å². The summed E-state index contributed by atoms with van der Waals surface area (Å²) >= 11 is 1.66. The molecule has 76 valence electrons. The van der Waals surface area contributed by atoms with Crippen molar-refractivity contribution < 1.29 is 0 Å². The SMILES string of the molecule is C=C(C)/C(N)=C\[C@H](C)c1csc(C)n1. The lowest BCUT2D eigenvalue weighted by Crippen LogP contribution is -2.01. The molecule has 14 heavy (non-hydrogen) atoms. The van der Waals surface area contributed by atoms with Crippen molar-refractivity contribution in [1.82, 2.24) is 4.98 Å². The zero-order chi connectivity index (χ0) is 10.7. The molecule has 0 aliphatic carbocycles. The first-order valence-corrected chi connectivity index (χ1v) is 5.44. The van der Waals surface area contributed by atoms with E-state index in [1.165, 1.54) is 0 Å². The van der Waals surface area contributed by atoms with Crippen molar-refractivity contribution in [3.63, 3.8) is 0 Å². The quantitative estimate of drug-likeness (QED) is 0.776. The number of nitrogens with zero attached hydrogens (tertiary/aromatic N) is 1. The van der Waals surface area contributed by atoms with Crippen LogP contribution in [-0.4, -0.2) is 4.98 Å².